The van der Waals surface area contributed by atoms with Crippen molar-refractivity contribution in [2.45, 2.75) is 142 Å². The summed E-state index contributed by atoms with van der Waals surface area (Å²) in [7, 11) is 0. The van der Waals surface area contributed by atoms with Crippen molar-refractivity contribution >= 4 is 5.97 Å². The predicted octanol–water partition coefficient (Wildman–Crippen LogP) is 6.41. The maximum atomic E-state index is 12.7. The van der Waals surface area contributed by atoms with E-state index in [9.17, 15) is 15.0 Å². The van der Waals surface area contributed by atoms with E-state index in [0.717, 1.165) is 64.2 Å². The first-order chi connectivity index (χ1) is 15.8. The molecule has 4 heteroatoms. The largest absolute Gasteiger partial charge is 0.462 e. The van der Waals surface area contributed by atoms with E-state index >= 15 is 0 Å². The minimum atomic E-state index is -0.273. The number of ether oxygens (including phenoxy) is 1. The van der Waals surface area contributed by atoms with Gasteiger partial charge in [0.1, 0.15) is 6.10 Å². The number of rotatable bonds is 9. The van der Waals surface area contributed by atoms with Crippen molar-refractivity contribution in [3.05, 3.63) is 0 Å². The summed E-state index contributed by atoms with van der Waals surface area (Å²) in [5, 5.41) is 21.6. The van der Waals surface area contributed by atoms with Gasteiger partial charge >= 0.3 is 5.97 Å². The van der Waals surface area contributed by atoms with Gasteiger partial charge in [-0.2, -0.15) is 0 Å². The van der Waals surface area contributed by atoms with Crippen LogP contribution in [0.15, 0.2) is 0 Å². The van der Waals surface area contributed by atoms with Crippen molar-refractivity contribution < 1.29 is 19.7 Å². The average Bonchev–Trinajstić information content (AvgIpc) is 3.10. The van der Waals surface area contributed by atoms with Gasteiger partial charge in [0.25, 0.3) is 0 Å². The lowest BCUT2D eigenvalue weighted by Gasteiger charge is -2.62. The Morgan fingerprint density at radius 1 is 0.848 bits per heavy atom. The van der Waals surface area contributed by atoms with E-state index in [-0.39, 0.29) is 35.1 Å². The summed E-state index contributed by atoms with van der Waals surface area (Å²) in [6.45, 7) is 7.03. The molecule has 0 amide bonds. The number of esters is 1. The third-order valence-electron chi connectivity index (χ3n) is 10.8. The van der Waals surface area contributed by atoms with Crippen molar-refractivity contribution in [3.8, 4) is 0 Å². The van der Waals surface area contributed by atoms with E-state index in [0.29, 0.717) is 30.1 Å². The molecule has 0 aromatic rings. The normalized spacial score (nSPS) is 44.6. The molecule has 4 saturated carbocycles. The fraction of sp³-hybridized carbons (Fsp3) is 0.966. The average molecular weight is 463 g/mol. The van der Waals surface area contributed by atoms with Crippen molar-refractivity contribution in [2.75, 3.05) is 0 Å². The number of fused-ring (bicyclic) bond motifs is 5. The molecule has 2 N–H and O–H groups in total. The first-order valence-electron chi connectivity index (χ1n) is 14.3. The highest BCUT2D eigenvalue weighted by molar-refractivity contribution is 5.69. The first-order valence-corrected chi connectivity index (χ1v) is 14.3. The van der Waals surface area contributed by atoms with Crippen LogP contribution in [-0.4, -0.2) is 34.5 Å². The fourth-order valence-corrected chi connectivity index (χ4v) is 8.79. The molecule has 4 fully saturated rings. The lowest BCUT2D eigenvalue weighted by Crippen LogP contribution is -2.59. The standard InChI is InChI=1S/C29H50O4/c1-4-5-6-7-8-9-10-11-26(32)33-25-13-12-22-27-23(15-17-29(22,25)3)28(2)16-14-21(30)18-20(28)19-24(27)31/h20-25,27,30-31H,4-19H2,1-3H3/t20-,21+,22+,23+,24-,25+,27+,28+,29+/m1/s1. The molecule has 0 aromatic heterocycles. The van der Waals surface area contributed by atoms with E-state index in [2.05, 4.69) is 20.8 Å². The molecule has 4 aliphatic rings. The summed E-state index contributed by atoms with van der Waals surface area (Å²) in [6.07, 6.45) is 16.6. The van der Waals surface area contributed by atoms with Crippen LogP contribution in [-0.2, 0) is 9.53 Å². The Hall–Kier alpha value is -0.610. The lowest BCUT2D eigenvalue weighted by atomic mass is 9.44. The Bertz CT molecular complexity index is 664. The van der Waals surface area contributed by atoms with Crippen molar-refractivity contribution in [1.82, 2.24) is 0 Å². The van der Waals surface area contributed by atoms with E-state index in [1.165, 1.54) is 32.1 Å². The molecule has 9 atom stereocenters. The van der Waals surface area contributed by atoms with Crippen molar-refractivity contribution in [2.24, 2.45) is 34.5 Å². The monoisotopic (exact) mass is 462 g/mol. The topological polar surface area (TPSA) is 66.8 Å². The molecular weight excluding hydrogens is 412 g/mol. The van der Waals surface area contributed by atoms with Gasteiger partial charge in [-0.3, -0.25) is 4.79 Å². The Morgan fingerprint density at radius 3 is 2.27 bits per heavy atom. The van der Waals surface area contributed by atoms with Crippen LogP contribution >= 0.6 is 0 Å². The van der Waals surface area contributed by atoms with Gasteiger partial charge in [0, 0.05) is 11.8 Å². The maximum Gasteiger partial charge on any atom is 0.306 e. The highest BCUT2D eigenvalue weighted by Gasteiger charge is 2.63. The van der Waals surface area contributed by atoms with Crippen molar-refractivity contribution in [3.63, 3.8) is 0 Å². The zero-order chi connectivity index (χ0) is 23.6. The molecule has 4 nitrogen and oxygen atoms in total. The van der Waals surface area contributed by atoms with Crippen LogP contribution in [0.25, 0.3) is 0 Å². The number of aliphatic hydroxyl groups is 2. The van der Waals surface area contributed by atoms with Gasteiger partial charge in [0.05, 0.1) is 12.2 Å². The van der Waals surface area contributed by atoms with E-state index in [1.54, 1.807) is 0 Å². The summed E-state index contributed by atoms with van der Waals surface area (Å²) in [5.74, 6) is 1.76. The maximum absolute atomic E-state index is 12.7. The van der Waals surface area contributed by atoms with Gasteiger partial charge in [0.2, 0.25) is 0 Å². The molecule has 0 spiro atoms. The Kier molecular flexibility index (Phi) is 8.16. The molecule has 190 valence electrons. The molecule has 0 bridgehead atoms. The number of hydrogen-bond acceptors (Lipinski definition) is 4. The van der Waals surface area contributed by atoms with Gasteiger partial charge in [-0.05, 0) is 86.9 Å². The molecule has 0 saturated heterocycles. The van der Waals surface area contributed by atoms with Crippen LogP contribution < -0.4 is 0 Å². The number of aliphatic hydroxyl groups excluding tert-OH is 2. The quantitative estimate of drug-likeness (QED) is 0.307. The molecule has 0 aromatic carbocycles. The molecule has 0 radical (unpaired) electrons. The Balaban J connectivity index is 1.33. The zero-order valence-electron chi connectivity index (χ0n) is 21.6. The van der Waals surface area contributed by atoms with Gasteiger partial charge in [0.15, 0.2) is 0 Å². The number of carbonyl (C=O) groups is 1. The van der Waals surface area contributed by atoms with E-state index in [1.807, 2.05) is 0 Å². The number of unbranched alkanes of at least 4 members (excludes halogenated alkanes) is 6. The molecule has 0 aliphatic heterocycles. The van der Waals surface area contributed by atoms with Crippen LogP contribution in [0.3, 0.4) is 0 Å². The second kappa shape index (κ2) is 10.6. The fourth-order valence-electron chi connectivity index (χ4n) is 8.79. The number of carbonyl (C=O) groups excluding carboxylic acids is 1. The smallest absolute Gasteiger partial charge is 0.306 e. The van der Waals surface area contributed by atoms with E-state index < -0.39 is 0 Å². The van der Waals surface area contributed by atoms with Gasteiger partial charge in [-0.25, -0.2) is 0 Å². The van der Waals surface area contributed by atoms with Crippen LogP contribution in [0.4, 0.5) is 0 Å². The molecule has 0 unspecified atom stereocenters. The minimum absolute atomic E-state index is 0.00459. The molecule has 33 heavy (non-hydrogen) atoms. The van der Waals surface area contributed by atoms with E-state index in [4.69, 9.17) is 4.74 Å². The van der Waals surface area contributed by atoms with Crippen LogP contribution in [0.2, 0.25) is 0 Å². The predicted molar refractivity (Wildman–Crippen MR) is 132 cm³/mol. The lowest BCUT2D eigenvalue weighted by molar-refractivity contribution is -0.185. The highest BCUT2D eigenvalue weighted by atomic mass is 16.5. The van der Waals surface area contributed by atoms with Crippen LogP contribution in [0.1, 0.15) is 124 Å². The summed E-state index contributed by atoms with van der Waals surface area (Å²) < 4.78 is 6.14. The summed E-state index contributed by atoms with van der Waals surface area (Å²) >= 11 is 0. The molecule has 4 rings (SSSR count). The van der Waals surface area contributed by atoms with Crippen LogP contribution in [0.5, 0.6) is 0 Å². The Morgan fingerprint density at radius 2 is 1.52 bits per heavy atom. The zero-order valence-corrected chi connectivity index (χ0v) is 21.6. The van der Waals surface area contributed by atoms with Gasteiger partial charge in [-0.1, -0.05) is 59.3 Å². The Labute approximate surface area is 202 Å². The third kappa shape index (κ3) is 5.03. The second-order valence-electron chi connectivity index (χ2n) is 12.7. The van der Waals surface area contributed by atoms with Crippen molar-refractivity contribution in [1.29, 1.82) is 0 Å². The molecular formula is C29H50O4. The second-order valence-corrected chi connectivity index (χ2v) is 12.7. The number of hydrogen-bond donors (Lipinski definition) is 2. The summed E-state index contributed by atoms with van der Waals surface area (Å²) in [6, 6.07) is 0. The molecule has 4 aliphatic carbocycles. The van der Waals surface area contributed by atoms with Gasteiger partial charge in [-0.15, -0.1) is 0 Å². The highest BCUT2D eigenvalue weighted by Crippen LogP contribution is 2.66. The summed E-state index contributed by atoms with van der Waals surface area (Å²) in [5.41, 5.74) is 0.256. The third-order valence-corrected chi connectivity index (χ3v) is 10.8. The van der Waals surface area contributed by atoms with Crippen LogP contribution in [0, 0.1) is 34.5 Å². The summed E-state index contributed by atoms with van der Waals surface area (Å²) in [4.78, 5) is 12.7. The SMILES string of the molecule is CCCCCCCCCC(=O)O[C@H]1CC[C@H]2[C@@H]3[C@H](O)C[C@H]4C[C@@H](O)CC[C@]4(C)[C@H]3CC[C@]12C. The van der Waals surface area contributed by atoms with Gasteiger partial charge < -0.3 is 14.9 Å². The first kappa shape index (κ1) is 25.5. The molecule has 0 heterocycles. The minimum Gasteiger partial charge on any atom is -0.462 e.